The Kier molecular flexibility index (Phi) is 4.57. The van der Waals surface area contributed by atoms with Crippen LogP contribution >= 0.6 is 12.2 Å². The van der Waals surface area contributed by atoms with Gasteiger partial charge in [0.25, 0.3) is 5.91 Å². The maximum atomic E-state index is 13.2. The highest BCUT2D eigenvalue weighted by Crippen LogP contribution is 2.14. The first-order valence-corrected chi connectivity index (χ1v) is 7.13. The van der Waals surface area contributed by atoms with Gasteiger partial charge in [0.15, 0.2) is 4.77 Å². The number of aryl methyl sites for hydroxylation is 1. The van der Waals surface area contributed by atoms with E-state index in [4.69, 9.17) is 12.2 Å². The minimum atomic E-state index is -1.12. The number of hydrogen-bond acceptors (Lipinski definition) is 2. The first-order valence-electron chi connectivity index (χ1n) is 6.72. The first-order chi connectivity index (χ1) is 9.90. The van der Waals surface area contributed by atoms with Crippen molar-refractivity contribution in [3.05, 3.63) is 46.5 Å². The number of amides is 1. The van der Waals surface area contributed by atoms with Crippen LogP contribution in [0.2, 0.25) is 0 Å². The molecule has 112 valence electrons. The predicted molar refractivity (Wildman–Crippen MR) is 83.2 cm³/mol. The van der Waals surface area contributed by atoms with Gasteiger partial charge >= 0.3 is 0 Å². The Hall–Kier alpha value is -1.95. The number of benzene rings is 1. The molecule has 6 heteroatoms. The maximum absolute atomic E-state index is 13.2. The molecule has 1 aromatic carbocycles. The normalized spacial score (nSPS) is 13.7. The lowest BCUT2D eigenvalue weighted by atomic mass is 10.2. The zero-order valence-corrected chi connectivity index (χ0v) is 13.0. The highest BCUT2D eigenvalue weighted by Gasteiger charge is 2.19. The van der Waals surface area contributed by atoms with Crippen molar-refractivity contribution in [2.45, 2.75) is 33.0 Å². The van der Waals surface area contributed by atoms with Crippen molar-refractivity contribution in [2.75, 3.05) is 0 Å². The van der Waals surface area contributed by atoms with Gasteiger partial charge in [-0.25, -0.2) is 4.39 Å². The summed E-state index contributed by atoms with van der Waals surface area (Å²) in [7, 11) is 0. The fourth-order valence-electron chi connectivity index (χ4n) is 1.88. The van der Waals surface area contributed by atoms with Crippen LogP contribution in [0, 0.1) is 11.7 Å². The molecule has 0 saturated carbocycles. The summed E-state index contributed by atoms with van der Waals surface area (Å²) in [6, 6.07) is 7.09. The molecule has 1 unspecified atom stereocenters. The van der Waals surface area contributed by atoms with Gasteiger partial charge < -0.3 is 10.3 Å². The standard InChI is InChI=1S/C15H18FN3OS/c1-9-4-6-12(7-5-9)19-13(8-17-15(19)21)14(20)18-11(3)10(2)16/h4-8,10-11H,1-3H3,(H,17,21)(H,18,20)/t10?,11-/m0/s1. The highest BCUT2D eigenvalue weighted by atomic mass is 32.1. The minimum absolute atomic E-state index is 0.358. The molecular weight excluding hydrogens is 289 g/mol. The summed E-state index contributed by atoms with van der Waals surface area (Å²) < 4.78 is 15.3. The number of H-pyrrole nitrogens is 1. The summed E-state index contributed by atoms with van der Waals surface area (Å²) in [5, 5.41) is 2.63. The Morgan fingerprint density at radius 1 is 1.33 bits per heavy atom. The molecule has 0 bridgehead atoms. The van der Waals surface area contributed by atoms with Crippen molar-refractivity contribution in [3.8, 4) is 5.69 Å². The van der Waals surface area contributed by atoms with Crippen LogP contribution in [-0.2, 0) is 0 Å². The van der Waals surface area contributed by atoms with Gasteiger partial charge in [0.05, 0.1) is 6.04 Å². The average molecular weight is 307 g/mol. The van der Waals surface area contributed by atoms with Gasteiger partial charge in [-0.2, -0.15) is 0 Å². The number of nitrogens with zero attached hydrogens (tertiary/aromatic N) is 1. The fraction of sp³-hybridized carbons (Fsp3) is 0.333. The molecule has 0 radical (unpaired) electrons. The van der Waals surface area contributed by atoms with Gasteiger partial charge in [-0.1, -0.05) is 17.7 Å². The molecule has 21 heavy (non-hydrogen) atoms. The number of aromatic amines is 1. The molecule has 0 fully saturated rings. The Bertz CT molecular complexity index is 688. The molecule has 1 amide bonds. The lowest BCUT2D eigenvalue weighted by Gasteiger charge is -2.15. The first kappa shape index (κ1) is 15.4. The van der Waals surface area contributed by atoms with E-state index >= 15 is 0 Å². The molecule has 0 aliphatic heterocycles. The topological polar surface area (TPSA) is 49.8 Å². The molecule has 0 spiro atoms. The van der Waals surface area contributed by atoms with E-state index < -0.39 is 12.2 Å². The number of carbonyl (C=O) groups excluding carboxylic acids is 1. The van der Waals surface area contributed by atoms with Gasteiger partial charge in [0.1, 0.15) is 11.9 Å². The number of aromatic nitrogens is 2. The van der Waals surface area contributed by atoms with Gasteiger partial charge in [-0.15, -0.1) is 0 Å². The second kappa shape index (κ2) is 6.22. The Balaban J connectivity index is 2.36. The van der Waals surface area contributed by atoms with Crippen LogP contribution in [0.3, 0.4) is 0 Å². The van der Waals surface area contributed by atoms with Crippen molar-refractivity contribution in [1.82, 2.24) is 14.9 Å². The molecule has 0 aliphatic rings. The summed E-state index contributed by atoms with van der Waals surface area (Å²) in [4.78, 5) is 15.1. The lowest BCUT2D eigenvalue weighted by Crippen LogP contribution is -2.38. The number of halogens is 1. The zero-order valence-electron chi connectivity index (χ0n) is 12.2. The molecule has 1 heterocycles. The third-order valence-electron chi connectivity index (χ3n) is 3.35. The minimum Gasteiger partial charge on any atom is -0.345 e. The van der Waals surface area contributed by atoms with Gasteiger partial charge in [-0.3, -0.25) is 9.36 Å². The van der Waals surface area contributed by atoms with E-state index in [1.807, 2.05) is 31.2 Å². The molecular formula is C15H18FN3OS. The predicted octanol–water partition coefficient (Wildman–Crippen LogP) is 3.32. The summed E-state index contributed by atoms with van der Waals surface area (Å²) in [5.74, 6) is -0.361. The zero-order chi connectivity index (χ0) is 15.6. The molecule has 2 N–H and O–H groups in total. The molecule has 4 nitrogen and oxygen atoms in total. The highest BCUT2D eigenvalue weighted by molar-refractivity contribution is 7.71. The van der Waals surface area contributed by atoms with E-state index in [2.05, 4.69) is 10.3 Å². The van der Waals surface area contributed by atoms with Gasteiger partial charge in [0.2, 0.25) is 0 Å². The van der Waals surface area contributed by atoms with Crippen molar-refractivity contribution in [2.24, 2.45) is 0 Å². The Morgan fingerprint density at radius 3 is 2.52 bits per heavy atom. The Labute approximate surface area is 128 Å². The second-order valence-corrected chi connectivity index (χ2v) is 5.48. The summed E-state index contributed by atoms with van der Waals surface area (Å²) >= 11 is 5.23. The van der Waals surface area contributed by atoms with Crippen LogP contribution in [0.25, 0.3) is 5.69 Å². The van der Waals surface area contributed by atoms with Crippen LogP contribution in [-0.4, -0.2) is 27.7 Å². The lowest BCUT2D eigenvalue weighted by molar-refractivity contribution is 0.0912. The van der Waals surface area contributed by atoms with E-state index in [1.165, 1.54) is 13.1 Å². The van der Waals surface area contributed by atoms with E-state index in [-0.39, 0.29) is 5.91 Å². The number of imidazole rings is 1. The van der Waals surface area contributed by atoms with E-state index in [1.54, 1.807) is 11.5 Å². The number of hydrogen-bond donors (Lipinski definition) is 2. The van der Waals surface area contributed by atoms with Crippen LogP contribution < -0.4 is 5.32 Å². The van der Waals surface area contributed by atoms with E-state index in [0.29, 0.717) is 10.5 Å². The van der Waals surface area contributed by atoms with Crippen molar-refractivity contribution >= 4 is 18.1 Å². The number of carbonyl (C=O) groups is 1. The third kappa shape index (κ3) is 3.39. The summed E-state index contributed by atoms with van der Waals surface area (Å²) in [6.07, 6.45) is 0.413. The van der Waals surface area contributed by atoms with Crippen LogP contribution in [0.15, 0.2) is 30.5 Å². The molecule has 2 atom stereocenters. The van der Waals surface area contributed by atoms with Crippen LogP contribution in [0.5, 0.6) is 0 Å². The number of alkyl halides is 1. The smallest absolute Gasteiger partial charge is 0.270 e. The number of nitrogens with one attached hydrogen (secondary N) is 2. The fourth-order valence-corrected chi connectivity index (χ4v) is 2.14. The molecule has 2 rings (SSSR count). The van der Waals surface area contributed by atoms with Gasteiger partial charge in [0, 0.05) is 11.9 Å². The summed E-state index contributed by atoms with van der Waals surface area (Å²) in [6.45, 7) is 5.02. The molecule has 0 aliphatic carbocycles. The third-order valence-corrected chi connectivity index (χ3v) is 3.65. The van der Waals surface area contributed by atoms with Crippen LogP contribution in [0.1, 0.15) is 29.9 Å². The van der Waals surface area contributed by atoms with Crippen molar-refractivity contribution < 1.29 is 9.18 Å². The van der Waals surface area contributed by atoms with Crippen molar-refractivity contribution in [1.29, 1.82) is 0 Å². The quantitative estimate of drug-likeness (QED) is 0.851. The largest absolute Gasteiger partial charge is 0.345 e. The monoisotopic (exact) mass is 307 g/mol. The SMILES string of the molecule is Cc1ccc(-n2c(C(=O)N[C@@H](C)C(C)F)c[nH]c2=S)cc1. The Morgan fingerprint density at radius 2 is 1.95 bits per heavy atom. The molecule has 1 aromatic heterocycles. The second-order valence-electron chi connectivity index (χ2n) is 5.09. The average Bonchev–Trinajstić information content (AvgIpc) is 2.81. The number of rotatable bonds is 4. The van der Waals surface area contributed by atoms with E-state index in [9.17, 15) is 9.18 Å². The van der Waals surface area contributed by atoms with E-state index in [0.717, 1.165) is 11.3 Å². The maximum Gasteiger partial charge on any atom is 0.270 e. The molecule has 2 aromatic rings. The van der Waals surface area contributed by atoms with Crippen LogP contribution in [0.4, 0.5) is 4.39 Å². The van der Waals surface area contributed by atoms with Crippen molar-refractivity contribution in [3.63, 3.8) is 0 Å². The molecule has 0 saturated heterocycles. The summed E-state index contributed by atoms with van der Waals surface area (Å²) in [5.41, 5.74) is 2.26. The van der Waals surface area contributed by atoms with Gasteiger partial charge in [-0.05, 0) is 45.1 Å².